The van der Waals surface area contributed by atoms with Crippen LogP contribution in [0.2, 0.25) is 0 Å². The first-order valence-electron chi connectivity index (χ1n) is 6.23. The number of methoxy groups -OCH3 is 1. The third-order valence-electron chi connectivity index (χ3n) is 3.04. The summed E-state index contributed by atoms with van der Waals surface area (Å²) in [6.45, 7) is 2.02. The molecule has 0 bridgehead atoms. The van der Waals surface area contributed by atoms with Crippen molar-refractivity contribution in [3.8, 4) is 11.5 Å². The van der Waals surface area contributed by atoms with Crippen LogP contribution in [-0.4, -0.2) is 17.9 Å². The molecule has 0 amide bonds. The first-order valence-corrected chi connectivity index (χ1v) is 6.23. The first kappa shape index (κ1) is 14.1. The lowest BCUT2D eigenvalue weighted by Crippen LogP contribution is -1.98. The van der Waals surface area contributed by atoms with Gasteiger partial charge in [-0.25, -0.2) is 4.39 Å². The molecule has 0 spiro atoms. The van der Waals surface area contributed by atoms with Crippen LogP contribution < -0.4 is 4.74 Å². The molecule has 2 aromatic rings. The Labute approximate surface area is 117 Å². The van der Waals surface area contributed by atoms with Crippen LogP contribution in [0.4, 0.5) is 4.39 Å². The number of aromatic hydroxyl groups is 1. The van der Waals surface area contributed by atoms with E-state index >= 15 is 0 Å². The molecule has 0 saturated carbocycles. The summed E-state index contributed by atoms with van der Waals surface area (Å²) in [7, 11) is 1.54. The quantitative estimate of drug-likeness (QED) is 0.866. The molecular formula is C16H16FNO2. The molecule has 0 heterocycles. The maximum absolute atomic E-state index is 13.5. The molecule has 0 atom stereocenters. The third-order valence-corrected chi connectivity index (χ3v) is 3.04. The Balaban J connectivity index is 2.21. The largest absolute Gasteiger partial charge is 0.507 e. The highest BCUT2D eigenvalue weighted by Crippen LogP contribution is 2.24. The number of rotatable bonds is 4. The molecule has 0 aliphatic heterocycles. The van der Waals surface area contributed by atoms with Gasteiger partial charge in [-0.1, -0.05) is 18.2 Å². The molecule has 0 radical (unpaired) electrons. The van der Waals surface area contributed by atoms with E-state index in [1.807, 2.05) is 0 Å². The van der Waals surface area contributed by atoms with E-state index in [0.717, 1.165) is 0 Å². The van der Waals surface area contributed by atoms with Crippen LogP contribution in [0.5, 0.6) is 11.5 Å². The SMILES string of the molecule is COc1ccc(C(C)=NCc2ccccc2F)c(O)c1. The molecule has 1 N–H and O–H groups in total. The predicted molar refractivity (Wildman–Crippen MR) is 77.0 cm³/mol. The second-order valence-corrected chi connectivity index (χ2v) is 4.38. The monoisotopic (exact) mass is 273 g/mol. The van der Waals surface area contributed by atoms with Gasteiger partial charge in [0.15, 0.2) is 0 Å². The standard InChI is InChI=1S/C16H16FNO2/c1-11(14-8-7-13(20-2)9-16(14)19)18-10-12-5-3-4-6-15(12)17/h3-9,19H,10H2,1-2H3. The van der Waals surface area contributed by atoms with Crippen molar-refractivity contribution in [3.63, 3.8) is 0 Å². The van der Waals surface area contributed by atoms with Gasteiger partial charge in [0, 0.05) is 22.9 Å². The fourth-order valence-electron chi connectivity index (χ4n) is 1.86. The zero-order chi connectivity index (χ0) is 14.5. The lowest BCUT2D eigenvalue weighted by molar-refractivity contribution is 0.407. The Kier molecular flexibility index (Phi) is 4.35. The number of halogens is 1. The summed E-state index contributed by atoms with van der Waals surface area (Å²) in [5.41, 5.74) is 1.79. The van der Waals surface area contributed by atoms with E-state index in [4.69, 9.17) is 4.74 Å². The Hall–Kier alpha value is -2.36. The molecule has 0 unspecified atom stereocenters. The molecule has 0 aliphatic carbocycles. The van der Waals surface area contributed by atoms with Crippen molar-refractivity contribution in [2.45, 2.75) is 13.5 Å². The minimum Gasteiger partial charge on any atom is -0.507 e. The number of phenols is 1. The highest BCUT2D eigenvalue weighted by molar-refractivity contribution is 6.01. The summed E-state index contributed by atoms with van der Waals surface area (Å²) in [6, 6.07) is 11.5. The molecule has 0 saturated heterocycles. The summed E-state index contributed by atoms with van der Waals surface area (Å²) in [6.07, 6.45) is 0. The molecule has 0 fully saturated rings. The third kappa shape index (κ3) is 3.15. The van der Waals surface area contributed by atoms with Gasteiger partial charge in [-0.15, -0.1) is 0 Å². The Morgan fingerprint density at radius 1 is 1.25 bits per heavy atom. The van der Waals surface area contributed by atoms with E-state index < -0.39 is 0 Å². The Morgan fingerprint density at radius 3 is 2.65 bits per heavy atom. The van der Waals surface area contributed by atoms with Crippen LogP contribution >= 0.6 is 0 Å². The van der Waals surface area contributed by atoms with E-state index in [2.05, 4.69) is 4.99 Å². The molecule has 3 nitrogen and oxygen atoms in total. The predicted octanol–water partition coefficient (Wildman–Crippen LogP) is 3.55. The molecular weight excluding hydrogens is 257 g/mol. The number of benzene rings is 2. The number of phenolic OH excluding ortho intramolecular Hbond substituents is 1. The van der Waals surface area contributed by atoms with Crippen molar-refractivity contribution in [2.75, 3.05) is 7.11 Å². The molecule has 0 aliphatic rings. The van der Waals surface area contributed by atoms with E-state index in [1.165, 1.54) is 19.2 Å². The number of nitrogens with zero attached hydrogens (tertiary/aromatic N) is 1. The molecule has 104 valence electrons. The van der Waals surface area contributed by atoms with Gasteiger partial charge in [0.2, 0.25) is 0 Å². The van der Waals surface area contributed by atoms with Crippen molar-refractivity contribution < 1.29 is 14.2 Å². The van der Waals surface area contributed by atoms with E-state index in [-0.39, 0.29) is 18.1 Å². The normalized spacial score (nSPS) is 11.4. The van der Waals surface area contributed by atoms with Crippen LogP contribution in [0.1, 0.15) is 18.1 Å². The Bertz CT molecular complexity index is 638. The van der Waals surface area contributed by atoms with Crippen molar-refractivity contribution in [3.05, 3.63) is 59.4 Å². The topological polar surface area (TPSA) is 41.8 Å². The summed E-state index contributed by atoms with van der Waals surface area (Å²) >= 11 is 0. The van der Waals surface area contributed by atoms with Gasteiger partial charge in [0.25, 0.3) is 0 Å². The maximum Gasteiger partial charge on any atom is 0.128 e. The zero-order valence-corrected chi connectivity index (χ0v) is 11.4. The maximum atomic E-state index is 13.5. The highest BCUT2D eigenvalue weighted by Gasteiger charge is 2.06. The summed E-state index contributed by atoms with van der Waals surface area (Å²) < 4.78 is 18.5. The molecule has 4 heteroatoms. The van der Waals surface area contributed by atoms with Gasteiger partial charge in [-0.3, -0.25) is 4.99 Å². The van der Waals surface area contributed by atoms with Gasteiger partial charge >= 0.3 is 0 Å². The van der Waals surface area contributed by atoms with Gasteiger partial charge in [0.05, 0.1) is 13.7 Å². The van der Waals surface area contributed by atoms with Crippen LogP contribution in [0.15, 0.2) is 47.5 Å². The molecule has 2 aromatic carbocycles. The highest BCUT2D eigenvalue weighted by atomic mass is 19.1. The summed E-state index contributed by atoms with van der Waals surface area (Å²) in [5.74, 6) is 0.398. The summed E-state index contributed by atoms with van der Waals surface area (Å²) in [4.78, 5) is 4.32. The van der Waals surface area contributed by atoms with E-state index in [9.17, 15) is 9.50 Å². The fraction of sp³-hybridized carbons (Fsp3) is 0.188. The average Bonchev–Trinajstić information content (AvgIpc) is 2.46. The number of ether oxygens (including phenoxy) is 1. The minimum absolute atomic E-state index is 0.0964. The van der Waals surface area contributed by atoms with Gasteiger partial charge in [-0.2, -0.15) is 0 Å². The van der Waals surface area contributed by atoms with Crippen molar-refractivity contribution in [1.29, 1.82) is 0 Å². The molecule has 20 heavy (non-hydrogen) atoms. The van der Waals surface area contributed by atoms with Crippen molar-refractivity contribution >= 4 is 5.71 Å². The lowest BCUT2D eigenvalue weighted by atomic mass is 10.1. The van der Waals surface area contributed by atoms with Crippen molar-refractivity contribution in [1.82, 2.24) is 0 Å². The van der Waals surface area contributed by atoms with Crippen LogP contribution in [-0.2, 0) is 6.54 Å². The number of hydrogen-bond donors (Lipinski definition) is 1. The first-order chi connectivity index (χ1) is 9.61. The second kappa shape index (κ2) is 6.19. The summed E-state index contributed by atoms with van der Waals surface area (Å²) in [5, 5.41) is 9.91. The zero-order valence-electron chi connectivity index (χ0n) is 11.4. The fourth-order valence-corrected chi connectivity index (χ4v) is 1.86. The number of hydrogen-bond acceptors (Lipinski definition) is 3. The van der Waals surface area contributed by atoms with Gasteiger partial charge < -0.3 is 9.84 Å². The van der Waals surface area contributed by atoms with Gasteiger partial charge in [0.1, 0.15) is 17.3 Å². The van der Waals surface area contributed by atoms with Crippen LogP contribution in [0.3, 0.4) is 0 Å². The van der Waals surface area contributed by atoms with E-state index in [1.54, 1.807) is 37.3 Å². The smallest absolute Gasteiger partial charge is 0.128 e. The lowest BCUT2D eigenvalue weighted by Gasteiger charge is -2.07. The van der Waals surface area contributed by atoms with Crippen molar-refractivity contribution in [2.24, 2.45) is 4.99 Å². The van der Waals surface area contributed by atoms with Gasteiger partial charge in [-0.05, 0) is 25.1 Å². The second-order valence-electron chi connectivity index (χ2n) is 4.38. The molecule has 2 rings (SSSR count). The minimum atomic E-state index is -0.275. The number of aliphatic imine (C=N–C) groups is 1. The Morgan fingerprint density at radius 2 is 2.00 bits per heavy atom. The molecule has 0 aromatic heterocycles. The van der Waals surface area contributed by atoms with Crippen LogP contribution in [0.25, 0.3) is 0 Å². The van der Waals surface area contributed by atoms with Crippen LogP contribution in [0, 0.1) is 5.82 Å². The van der Waals surface area contributed by atoms with E-state index in [0.29, 0.717) is 22.6 Å². The average molecular weight is 273 g/mol.